The van der Waals surface area contributed by atoms with Crippen molar-refractivity contribution < 1.29 is 18.1 Å². The molecule has 1 unspecified atom stereocenters. The van der Waals surface area contributed by atoms with E-state index in [2.05, 4.69) is 0 Å². The second-order valence-corrected chi connectivity index (χ2v) is 6.60. The number of sulfone groups is 1. The van der Waals surface area contributed by atoms with Crippen LogP contribution in [0.2, 0.25) is 0 Å². The number of hydrogen-bond acceptors (Lipinski definition) is 5. The average molecular weight is 271 g/mol. The second kappa shape index (κ2) is 4.56. The molecule has 0 bridgehead atoms. The van der Waals surface area contributed by atoms with Crippen molar-refractivity contribution in [1.82, 2.24) is 0 Å². The fourth-order valence-electron chi connectivity index (χ4n) is 1.90. The van der Waals surface area contributed by atoms with E-state index < -0.39 is 20.9 Å². The summed E-state index contributed by atoms with van der Waals surface area (Å²) in [4.78, 5) is 10.4. The van der Waals surface area contributed by atoms with Gasteiger partial charge < -0.3 is 4.74 Å². The zero-order chi connectivity index (χ0) is 13.3. The number of benzene rings is 1. The van der Waals surface area contributed by atoms with E-state index in [0.29, 0.717) is 6.42 Å². The van der Waals surface area contributed by atoms with Crippen LogP contribution in [0.3, 0.4) is 0 Å². The number of aryl methyl sites for hydroxylation is 1. The van der Waals surface area contributed by atoms with Gasteiger partial charge in [0.05, 0.1) is 16.4 Å². The van der Waals surface area contributed by atoms with Crippen LogP contribution in [0.5, 0.6) is 5.75 Å². The predicted octanol–water partition coefficient (Wildman–Crippen LogP) is 1.47. The lowest BCUT2D eigenvalue weighted by molar-refractivity contribution is -0.386. The fraction of sp³-hybridized carbons (Fsp3) is 0.455. The van der Waals surface area contributed by atoms with E-state index in [-0.39, 0.29) is 22.9 Å². The summed E-state index contributed by atoms with van der Waals surface area (Å²) in [6.45, 7) is 1.75. The largest absolute Gasteiger partial charge is 0.482 e. The molecule has 6 nitrogen and oxygen atoms in total. The quantitative estimate of drug-likeness (QED) is 0.613. The van der Waals surface area contributed by atoms with E-state index in [1.165, 1.54) is 12.1 Å². The first-order valence-electron chi connectivity index (χ1n) is 5.49. The third-order valence-electron chi connectivity index (χ3n) is 2.80. The third kappa shape index (κ3) is 2.79. The molecule has 0 spiro atoms. The summed E-state index contributed by atoms with van der Waals surface area (Å²) in [5.74, 6) is 0.141. The molecular weight excluding hydrogens is 258 g/mol. The minimum atomic E-state index is -3.05. The average Bonchev–Trinajstić information content (AvgIpc) is 2.60. The Hall–Kier alpha value is -1.63. The molecule has 1 saturated heterocycles. The predicted molar refractivity (Wildman–Crippen MR) is 65.5 cm³/mol. The van der Waals surface area contributed by atoms with Crippen LogP contribution in [-0.4, -0.2) is 31.0 Å². The molecule has 1 atom stereocenters. The standard InChI is InChI=1S/C11H13NO5S/c1-8-2-3-11(10(6-8)12(13)14)17-9-4-5-18(15,16)7-9/h2-3,6,9H,4-5,7H2,1H3. The van der Waals surface area contributed by atoms with Crippen LogP contribution in [0.4, 0.5) is 5.69 Å². The molecule has 0 aromatic heterocycles. The van der Waals surface area contributed by atoms with Crippen LogP contribution < -0.4 is 4.74 Å². The lowest BCUT2D eigenvalue weighted by Crippen LogP contribution is -2.18. The first-order chi connectivity index (χ1) is 8.37. The molecular formula is C11H13NO5S. The van der Waals surface area contributed by atoms with E-state index in [0.717, 1.165) is 5.56 Å². The van der Waals surface area contributed by atoms with Gasteiger partial charge >= 0.3 is 5.69 Å². The monoisotopic (exact) mass is 271 g/mol. The van der Waals surface area contributed by atoms with Crippen LogP contribution in [0.1, 0.15) is 12.0 Å². The molecule has 1 aliphatic rings. The highest BCUT2D eigenvalue weighted by molar-refractivity contribution is 7.91. The van der Waals surface area contributed by atoms with E-state index in [4.69, 9.17) is 4.74 Å². The van der Waals surface area contributed by atoms with Gasteiger partial charge in [0.2, 0.25) is 0 Å². The van der Waals surface area contributed by atoms with Crippen molar-refractivity contribution in [3.05, 3.63) is 33.9 Å². The number of ether oxygens (including phenoxy) is 1. The Morgan fingerprint density at radius 2 is 2.17 bits per heavy atom. The lowest BCUT2D eigenvalue weighted by Gasteiger charge is -2.12. The molecule has 18 heavy (non-hydrogen) atoms. The summed E-state index contributed by atoms with van der Waals surface area (Å²) < 4.78 is 28.0. The maximum absolute atomic E-state index is 11.3. The molecule has 0 aliphatic carbocycles. The maximum atomic E-state index is 11.3. The molecule has 0 N–H and O–H groups in total. The Kier molecular flexibility index (Phi) is 3.25. The summed E-state index contributed by atoms with van der Waals surface area (Å²) >= 11 is 0. The van der Waals surface area contributed by atoms with Crippen molar-refractivity contribution in [2.75, 3.05) is 11.5 Å². The maximum Gasteiger partial charge on any atom is 0.311 e. The van der Waals surface area contributed by atoms with Crippen LogP contribution in [0.25, 0.3) is 0 Å². The molecule has 0 amide bonds. The molecule has 1 aromatic carbocycles. The van der Waals surface area contributed by atoms with Gasteiger partial charge in [0.25, 0.3) is 0 Å². The highest BCUT2D eigenvalue weighted by Crippen LogP contribution is 2.30. The summed E-state index contributed by atoms with van der Waals surface area (Å²) in [6, 6.07) is 4.63. The van der Waals surface area contributed by atoms with Crippen LogP contribution in [0, 0.1) is 17.0 Å². The van der Waals surface area contributed by atoms with Gasteiger partial charge in [-0.3, -0.25) is 10.1 Å². The minimum absolute atomic E-state index is 0.0714. The van der Waals surface area contributed by atoms with Gasteiger partial charge in [-0.2, -0.15) is 0 Å². The number of nitro groups is 1. The van der Waals surface area contributed by atoms with Gasteiger partial charge in [-0.15, -0.1) is 0 Å². The van der Waals surface area contributed by atoms with Gasteiger partial charge in [0.1, 0.15) is 6.10 Å². The van der Waals surface area contributed by atoms with Crippen molar-refractivity contribution in [2.24, 2.45) is 0 Å². The van der Waals surface area contributed by atoms with Gasteiger partial charge in [-0.1, -0.05) is 6.07 Å². The summed E-state index contributed by atoms with van der Waals surface area (Å²) in [6.07, 6.45) is -0.107. The number of rotatable bonds is 3. The molecule has 2 rings (SSSR count). The Bertz CT molecular complexity index is 581. The number of nitro benzene ring substituents is 1. The van der Waals surface area contributed by atoms with Crippen molar-refractivity contribution in [2.45, 2.75) is 19.4 Å². The van der Waals surface area contributed by atoms with Crippen molar-refractivity contribution in [3.8, 4) is 5.75 Å². The Morgan fingerprint density at radius 3 is 2.72 bits per heavy atom. The van der Waals surface area contributed by atoms with Gasteiger partial charge in [0, 0.05) is 6.07 Å². The first kappa shape index (κ1) is 12.8. The molecule has 1 heterocycles. The molecule has 1 fully saturated rings. The van der Waals surface area contributed by atoms with E-state index >= 15 is 0 Å². The van der Waals surface area contributed by atoms with Crippen LogP contribution >= 0.6 is 0 Å². The van der Waals surface area contributed by atoms with Crippen LogP contribution in [-0.2, 0) is 9.84 Å². The van der Waals surface area contributed by atoms with Crippen LogP contribution in [0.15, 0.2) is 18.2 Å². The topological polar surface area (TPSA) is 86.5 Å². The molecule has 1 aliphatic heterocycles. The third-order valence-corrected chi connectivity index (χ3v) is 4.53. The molecule has 1 aromatic rings. The van der Waals surface area contributed by atoms with Gasteiger partial charge in [-0.25, -0.2) is 8.42 Å². The minimum Gasteiger partial charge on any atom is -0.482 e. The lowest BCUT2D eigenvalue weighted by atomic mass is 10.2. The molecule has 7 heteroatoms. The molecule has 0 saturated carbocycles. The number of nitrogens with zero attached hydrogens (tertiary/aromatic N) is 1. The van der Waals surface area contributed by atoms with E-state index in [1.807, 2.05) is 0 Å². The summed E-state index contributed by atoms with van der Waals surface area (Å²) in [5.41, 5.74) is 0.632. The fourth-order valence-corrected chi connectivity index (χ4v) is 3.49. The van der Waals surface area contributed by atoms with Gasteiger partial charge in [0.15, 0.2) is 15.6 Å². The SMILES string of the molecule is Cc1ccc(OC2CCS(=O)(=O)C2)c([N+](=O)[O-])c1. The zero-order valence-electron chi connectivity index (χ0n) is 9.83. The van der Waals surface area contributed by atoms with Crippen molar-refractivity contribution in [3.63, 3.8) is 0 Å². The van der Waals surface area contributed by atoms with Crippen molar-refractivity contribution in [1.29, 1.82) is 0 Å². The summed E-state index contributed by atoms with van der Waals surface area (Å²) in [7, 11) is -3.05. The normalized spacial score (nSPS) is 21.7. The Balaban J connectivity index is 2.22. The second-order valence-electron chi connectivity index (χ2n) is 4.37. The highest BCUT2D eigenvalue weighted by Gasteiger charge is 2.31. The zero-order valence-corrected chi connectivity index (χ0v) is 10.6. The first-order valence-corrected chi connectivity index (χ1v) is 7.32. The van der Waals surface area contributed by atoms with Crippen molar-refractivity contribution >= 4 is 15.5 Å². The Labute approximate surface area is 105 Å². The highest BCUT2D eigenvalue weighted by atomic mass is 32.2. The molecule has 0 radical (unpaired) electrons. The van der Waals surface area contributed by atoms with Gasteiger partial charge in [-0.05, 0) is 25.0 Å². The van der Waals surface area contributed by atoms with E-state index in [1.54, 1.807) is 13.0 Å². The molecule has 98 valence electrons. The smallest absolute Gasteiger partial charge is 0.311 e. The van der Waals surface area contributed by atoms with E-state index in [9.17, 15) is 18.5 Å². The Morgan fingerprint density at radius 1 is 1.44 bits per heavy atom. The number of hydrogen-bond donors (Lipinski definition) is 0. The summed E-state index contributed by atoms with van der Waals surface area (Å²) in [5, 5.41) is 10.9.